The number of hydrogen-bond donors (Lipinski definition) is 1. The highest BCUT2D eigenvalue weighted by Gasteiger charge is 2.31. The maximum absolute atomic E-state index is 13.1. The molecule has 0 aliphatic carbocycles. The van der Waals surface area contributed by atoms with Crippen molar-refractivity contribution in [3.05, 3.63) is 71.5 Å². The first-order valence-corrected chi connectivity index (χ1v) is 10.4. The molecular weight excluding hydrogens is 453 g/mol. The first-order valence-electron chi connectivity index (χ1n) is 10.1. The summed E-state index contributed by atoms with van der Waals surface area (Å²) < 4.78 is 39.3. The van der Waals surface area contributed by atoms with E-state index in [2.05, 4.69) is 20.2 Å². The zero-order chi connectivity index (χ0) is 23.2. The molecule has 5 rings (SSSR count). The van der Waals surface area contributed by atoms with Crippen LogP contribution in [0.3, 0.4) is 0 Å². The second-order valence-corrected chi connectivity index (χ2v) is 7.70. The van der Waals surface area contributed by atoms with Gasteiger partial charge in [-0.05, 0) is 31.2 Å². The number of H-pyrrole nitrogens is 1. The van der Waals surface area contributed by atoms with E-state index in [9.17, 15) is 13.2 Å². The molecule has 33 heavy (non-hydrogen) atoms. The monoisotopic (exact) mass is 468 g/mol. The number of aromatic nitrogens is 5. The number of nitrogens with zero attached hydrogens (tertiary/aromatic N) is 5. The van der Waals surface area contributed by atoms with Gasteiger partial charge in [-0.25, -0.2) is 9.97 Å². The van der Waals surface area contributed by atoms with Crippen LogP contribution in [0.1, 0.15) is 12.5 Å². The highest BCUT2D eigenvalue weighted by Crippen LogP contribution is 2.38. The number of aromatic amines is 1. The van der Waals surface area contributed by atoms with Gasteiger partial charge in [0.25, 0.3) is 0 Å². The number of alkyl halides is 3. The summed E-state index contributed by atoms with van der Waals surface area (Å²) in [6.45, 7) is 2.22. The van der Waals surface area contributed by atoms with Gasteiger partial charge in [0.2, 0.25) is 5.95 Å². The van der Waals surface area contributed by atoms with Gasteiger partial charge in [-0.15, -0.1) is 0 Å². The van der Waals surface area contributed by atoms with E-state index in [0.29, 0.717) is 29.0 Å². The fraction of sp³-hybridized carbons (Fsp3) is 0.130. The minimum absolute atomic E-state index is 0.0454. The minimum Gasteiger partial charge on any atom is -0.309 e. The van der Waals surface area contributed by atoms with E-state index in [4.69, 9.17) is 16.6 Å². The Morgan fingerprint density at radius 3 is 2.64 bits per heavy atom. The van der Waals surface area contributed by atoms with Gasteiger partial charge in [-0.3, -0.25) is 10.1 Å². The molecule has 0 aliphatic heterocycles. The number of halogens is 4. The second-order valence-electron chi connectivity index (χ2n) is 7.29. The third-order valence-corrected chi connectivity index (χ3v) is 5.60. The highest BCUT2D eigenvalue weighted by molar-refractivity contribution is 6.33. The van der Waals surface area contributed by atoms with Gasteiger partial charge in [-0.1, -0.05) is 35.9 Å². The Hall–Kier alpha value is -3.72. The van der Waals surface area contributed by atoms with Gasteiger partial charge in [0, 0.05) is 23.7 Å². The van der Waals surface area contributed by atoms with Crippen molar-refractivity contribution >= 4 is 45.2 Å². The first kappa shape index (κ1) is 21.1. The average molecular weight is 469 g/mol. The number of nitrogens with one attached hydrogen (secondary N) is 1. The van der Waals surface area contributed by atoms with Gasteiger partial charge < -0.3 is 4.90 Å². The van der Waals surface area contributed by atoms with Gasteiger partial charge in [0.05, 0.1) is 28.0 Å². The van der Waals surface area contributed by atoms with Crippen molar-refractivity contribution in [3.63, 3.8) is 0 Å². The number of fused-ring (bicyclic) bond motifs is 2. The fourth-order valence-electron chi connectivity index (χ4n) is 3.76. The molecule has 0 fully saturated rings. The maximum Gasteiger partial charge on any atom is 0.416 e. The molecule has 3 heterocycles. The van der Waals surface area contributed by atoms with Crippen molar-refractivity contribution in [2.75, 3.05) is 11.4 Å². The summed E-state index contributed by atoms with van der Waals surface area (Å²) in [4.78, 5) is 15.5. The quantitative estimate of drug-likeness (QED) is 0.330. The molecule has 2 aromatic carbocycles. The van der Waals surface area contributed by atoms with Crippen molar-refractivity contribution in [1.29, 1.82) is 0 Å². The molecule has 0 radical (unpaired) electrons. The minimum atomic E-state index is -4.49. The van der Waals surface area contributed by atoms with Crippen molar-refractivity contribution in [2.45, 2.75) is 13.1 Å². The summed E-state index contributed by atoms with van der Waals surface area (Å²) >= 11 is 6.27. The van der Waals surface area contributed by atoms with Gasteiger partial charge >= 0.3 is 6.18 Å². The third kappa shape index (κ3) is 3.74. The molecule has 0 saturated carbocycles. The lowest BCUT2D eigenvalue weighted by atomic mass is 10.1. The average Bonchev–Trinajstić information content (AvgIpc) is 3.28. The number of pyridine rings is 1. The molecule has 6 nitrogen and oxygen atoms in total. The van der Waals surface area contributed by atoms with Gasteiger partial charge in [0.1, 0.15) is 16.7 Å². The van der Waals surface area contributed by atoms with Crippen LogP contribution in [0, 0.1) is 0 Å². The number of rotatable bonds is 4. The standard InChI is InChI=1S/C23H16ClF3N6/c1-2-33(18-9-8-14(11-16(18)24)23(25,26)27)22-30-17-12-29-32-21(17)20(31-22)15-7-3-5-13-6-4-10-28-19(13)15/h3-12H,2H2,1H3,(H,29,32). The maximum atomic E-state index is 13.1. The van der Waals surface area contributed by atoms with E-state index in [0.717, 1.165) is 28.6 Å². The molecular formula is C23H16ClF3N6. The summed E-state index contributed by atoms with van der Waals surface area (Å²) in [5.74, 6) is 0.288. The van der Waals surface area contributed by atoms with Crippen molar-refractivity contribution in [3.8, 4) is 11.3 Å². The number of benzene rings is 2. The van der Waals surface area contributed by atoms with E-state index >= 15 is 0 Å². The van der Waals surface area contributed by atoms with E-state index in [1.807, 2.05) is 37.3 Å². The van der Waals surface area contributed by atoms with Crippen molar-refractivity contribution < 1.29 is 13.2 Å². The van der Waals surface area contributed by atoms with Crippen LogP contribution in [-0.4, -0.2) is 31.7 Å². The van der Waals surface area contributed by atoms with E-state index in [1.54, 1.807) is 17.3 Å². The predicted molar refractivity (Wildman–Crippen MR) is 122 cm³/mol. The van der Waals surface area contributed by atoms with Gasteiger partial charge in [0.15, 0.2) is 0 Å². The van der Waals surface area contributed by atoms with Crippen LogP contribution in [0.5, 0.6) is 0 Å². The first-order chi connectivity index (χ1) is 15.9. The molecule has 0 atom stereocenters. The summed E-state index contributed by atoms with van der Waals surface area (Å²) in [6.07, 6.45) is -1.21. The summed E-state index contributed by atoms with van der Waals surface area (Å²) in [5, 5.41) is 7.94. The number of para-hydroxylation sites is 1. The second kappa shape index (κ2) is 8.00. The largest absolute Gasteiger partial charge is 0.416 e. The molecule has 10 heteroatoms. The van der Waals surface area contributed by atoms with Gasteiger partial charge in [-0.2, -0.15) is 18.3 Å². The Balaban J connectivity index is 1.70. The molecule has 0 unspecified atom stereocenters. The smallest absolute Gasteiger partial charge is 0.309 e. The van der Waals surface area contributed by atoms with Crippen LogP contribution in [-0.2, 0) is 6.18 Å². The molecule has 0 saturated heterocycles. The number of hydrogen-bond acceptors (Lipinski definition) is 5. The van der Waals surface area contributed by atoms with E-state index < -0.39 is 11.7 Å². The van der Waals surface area contributed by atoms with E-state index in [1.165, 1.54) is 6.07 Å². The molecule has 5 aromatic rings. The van der Waals surface area contributed by atoms with Crippen LogP contribution in [0.4, 0.5) is 24.8 Å². The Labute approximate surface area is 191 Å². The zero-order valence-electron chi connectivity index (χ0n) is 17.2. The van der Waals surface area contributed by atoms with Crippen molar-refractivity contribution in [1.82, 2.24) is 25.1 Å². The Morgan fingerprint density at radius 2 is 1.88 bits per heavy atom. The zero-order valence-corrected chi connectivity index (χ0v) is 18.0. The molecule has 0 aliphatic rings. The molecule has 3 aromatic heterocycles. The van der Waals surface area contributed by atoms with Crippen LogP contribution >= 0.6 is 11.6 Å². The predicted octanol–water partition coefficient (Wildman–Crippen LogP) is 6.40. The highest BCUT2D eigenvalue weighted by atomic mass is 35.5. The lowest BCUT2D eigenvalue weighted by Gasteiger charge is -2.23. The fourth-order valence-corrected chi connectivity index (χ4v) is 4.04. The Kier molecular flexibility index (Phi) is 5.13. The SMILES string of the molecule is CCN(c1nc(-c2cccc3cccnc23)c2[nH]ncc2n1)c1ccc(C(F)(F)F)cc1Cl. The summed E-state index contributed by atoms with van der Waals surface area (Å²) in [5.41, 5.74) is 2.86. The molecule has 166 valence electrons. The lowest BCUT2D eigenvalue weighted by Crippen LogP contribution is -2.20. The molecule has 0 spiro atoms. The van der Waals surface area contributed by atoms with Crippen LogP contribution < -0.4 is 4.90 Å². The Morgan fingerprint density at radius 1 is 1.06 bits per heavy atom. The van der Waals surface area contributed by atoms with Crippen LogP contribution in [0.25, 0.3) is 33.2 Å². The van der Waals surface area contributed by atoms with Crippen molar-refractivity contribution in [2.24, 2.45) is 0 Å². The normalized spacial score (nSPS) is 11.9. The molecule has 0 amide bonds. The number of anilines is 2. The van der Waals surface area contributed by atoms with Crippen LogP contribution in [0.15, 0.2) is 60.9 Å². The molecule has 0 bridgehead atoms. The lowest BCUT2D eigenvalue weighted by molar-refractivity contribution is -0.137. The summed E-state index contributed by atoms with van der Waals surface area (Å²) in [7, 11) is 0. The summed E-state index contributed by atoms with van der Waals surface area (Å²) in [6, 6.07) is 12.8. The van der Waals surface area contributed by atoms with Crippen LogP contribution in [0.2, 0.25) is 5.02 Å². The Bertz CT molecular complexity index is 1480. The topological polar surface area (TPSA) is 70.6 Å². The molecule has 1 N–H and O–H groups in total. The van der Waals surface area contributed by atoms with E-state index in [-0.39, 0.29) is 11.0 Å². The third-order valence-electron chi connectivity index (χ3n) is 5.30.